The Labute approximate surface area is 116 Å². The number of nitrogen functional groups attached to an aromatic ring is 1. The van der Waals surface area contributed by atoms with Crippen LogP contribution in [0, 0.1) is 5.82 Å². The fourth-order valence-electron chi connectivity index (χ4n) is 2.18. The highest BCUT2D eigenvalue weighted by Gasteiger charge is 2.18. The van der Waals surface area contributed by atoms with Gasteiger partial charge in [0.2, 0.25) is 11.8 Å². The van der Waals surface area contributed by atoms with Crippen molar-refractivity contribution in [2.24, 2.45) is 0 Å². The number of piperidine rings is 1. The summed E-state index contributed by atoms with van der Waals surface area (Å²) in [5.41, 5.74) is 5.88. The molecule has 1 aromatic rings. The Morgan fingerprint density at radius 2 is 2.20 bits per heavy atom. The third kappa shape index (κ3) is 3.69. The Hall–Kier alpha value is -2.11. The molecule has 2 amide bonds. The molecule has 3 N–H and O–H groups in total. The number of nitrogens with one attached hydrogen (secondary N) is 1. The molecule has 1 heterocycles. The first-order valence-electron chi connectivity index (χ1n) is 6.69. The second-order valence-electron chi connectivity index (χ2n) is 4.87. The SMILES string of the molecule is Nc1cc(NC(=O)CCN2CCCCC2=O)ccc1F. The van der Waals surface area contributed by atoms with E-state index in [0.29, 0.717) is 18.7 Å². The van der Waals surface area contributed by atoms with Crippen LogP contribution < -0.4 is 11.1 Å². The maximum Gasteiger partial charge on any atom is 0.226 e. The van der Waals surface area contributed by atoms with Gasteiger partial charge in [0.1, 0.15) is 5.82 Å². The highest BCUT2D eigenvalue weighted by molar-refractivity contribution is 5.91. The molecule has 1 aliphatic heterocycles. The zero-order chi connectivity index (χ0) is 14.5. The number of nitrogens with two attached hydrogens (primary N) is 1. The minimum absolute atomic E-state index is 0.00555. The monoisotopic (exact) mass is 279 g/mol. The molecular formula is C14H18FN3O2. The summed E-state index contributed by atoms with van der Waals surface area (Å²) in [6.07, 6.45) is 2.71. The number of halogens is 1. The van der Waals surface area contributed by atoms with Gasteiger partial charge < -0.3 is 16.0 Å². The number of hydrogen-bond donors (Lipinski definition) is 2. The van der Waals surface area contributed by atoms with Crippen LogP contribution >= 0.6 is 0 Å². The zero-order valence-electron chi connectivity index (χ0n) is 11.2. The average Bonchev–Trinajstić information content (AvgIpc) is 2.42. The number of hydrogen-bond acceptors (Lipinski definition) is 3. The molecule has 0 unspecified atom stereocenters. The van der Waals surface area contributed by atoms with E-state index in [1.807, 2.05) is 0 Å². The fourth-order valence-corrected chi connectivity index (χ4v) is 2.18. The van der Waals surface area contributed by atoms with E-state index in [2.05, 4.69) is 5.32 Å². The molecule has 108 valence electrons. The van der Waals surface area contributed by atoms with Crippen LogP contribution in [0.4, 0.5) is 15.8 Å². The number of carbonyl (C=O) groups is 2. The molecule has 20 heavy (non-hydrogen) atoms. The van der Waals surface area contributed by atoms with Crippen LogP contribution in [-0.4, -0.2) is 29.8 Å². The number of benzene rings is 1. The highest BCUT2D eigenvalue weighted by atomic mass is 19.1. The van der Waals surface area contributed by atoms with Gasteiger partial charge in [-0.3, -0.25) is 9.59 Å². The molecule has 1 aromatic carbocycles. The summed E-state index contributed by atoms with van der Waals surface area (Å²) in [4.78, 5) is 25.1. The third-order valence-corrected chi connectivity index (χ3v) is 3.31. The van der Waals surface area contributed by atoms with Gasteiger partial charge >= 0.3 is 0 Å². The summed E-state index contributed by atoms with van der Waals surface area (Å²) in [7, 11) is 0. The van der Waals surface area contributed by atoms with Crippen molar-refractivity contribution >= 4 is 23.2 Å². The van der Waals surface area contributed by atoms with Crippen molar-refractivity contribution < 1.29 is 14.0 Å². The molecule has 6 heteroatoms. The summed E-state index contributed by atoms with van der Waals surface area (Å²) in [5.74, 6) is -0.619. The normalized spacial score (nSPS) is 15.2. The van der Waals surface area contributed by atoms with Crippen LogP contribution in [0.2, 0.25) is 0 Å². The van der Waals surface area contributed by atoms with E-state index in [-0.39, 0.29) is 23.9 Å². The van der Waals surface area contributed by atoms with Gasteiger partial charge in [-0.05, 0) is 31.0 Å². The van der Waals surface area contributed by atoms with E-state index < -0.39 is 5.82 Å². The van der Waals surface area contributed by atoms with Gasteiger partial charge in [-0.15, -0.1) is 0 Å². The summed E-state index contributed by atoms with van der Waals surface area (Å²) >= 11 is 0. The lowest BCUT2D eigenvalue weighted by atomic mass is 10.1. The van der Waals surface area contributed by atoms with Crippen molar-refractivity contribution in [3.05, 3.63) is 24.0 Å². The van der Waals surface area contributed by atoms with Crippen molar-refractivity contribution in [3.63, 3.8) is 0 Å². The number of amides is 2. The molecule has 1 aliphatic rings. The average molecular weight is 279 g/mol. The topological polar surface area (TPSA) is 75.4 Å². The molecule has 0 saturated carbocycles. The standard InChI is InChI=1S/C14H18FN3O2/c15-11-5-4-10(9-12(11)16)17-13(19)6-8-18-7-2-1-3-14(18)20/h4-5,9H,1-3,6-8,16H2,(H,17,19). The Balaban J connectivity index is 1.83. The number of anilines is 2. The smallest absolute Gasteiger partial charge is 0.226 e. The summed E-state index contributed by atoms with van der Waals surface area (Å²) in [6, 6.07) is 4.04. The van der Waals surface area contributed by atoms with E-state index in [1.54, 1.807) is 4.90 Å². The molecule has 1 saturated heterocycles. The zero-order valence-corrected chi connectivity index (χ0v) is 11.2. The predicted molar refractivity (Wildman–Crippen MR) is 74.5 cm³/mol. The van der Waals surface area contributed by atoms with Gasteiger partial charge in [0.25, 0.3) is 0 Å². The summed E-state index contributed by atoms with van der Waals surface area (Å²) in [5, 5.41) is 2.64. The van der Waals surface area contributed by atoms with Gasteiger partial charge in [-0.25, -0.2) is 4.39 Å². The van der Waals surface area contributed by atoms with Gasteiger partial charge in [-0.2, -0.15) is 0 Å². The van der Waals surface area contributed by atoms with Gasteiger partial charge in [0, 0.05) is 31.6 Å². The first-order valence-corrected chi connectivity index (χ1v) is 6.69. The number of rotatable bonds is 4. The Kier molecular flexibility index (Phi) is 4.55. The molecule has 0 aromatic heterocycles. The van der Waals surface area contributed by atoms with Crippen LogP contribution in [0.15, 0.2) is 18.2 Å². The largest absolute Gasteiger partial charge is 0.396 e. The lowest BCUT2D eigenvalue weighted by Gasteiger charge is -2.26. The molecule has 0 atom stereocenters. The Morgan fingerprint density at radius 3 is 2.90 bits per heavy atom. The maximum absolute atomic E-state index is 13.0. The third-order valence-electron chi connectivity index (χ3n) is 3.31. The summed E-state index contributed by atoms with van der Waals surface area (Å²) < 4.78 is 13.0. The van der Waals surface area contributed by atoms with Gasteiger partial charge in [0.05, 0.1) is 5.69 Å². The van der Waals surface area contributed by atoms with Crippen molar-refractivity contribution in [2.75, 3.05) is 24.1 Å². The number of likely N-dealkylation sites (tertiary alicyclic amines) is 1. The van der Waals surface area contributed by atoms with E-state index in [9.17, 15) is 14.0 Å². The number of nitrogens with zero attached hydrogens (tertiary/aromatic N) is 1. The van der Waals surface area contributed by atoms with Gasteiger partial charge in [0.15, 0.2) is 0 Å². The van der Waals surface area contributed by atoms with Crippen LogP contribution in [0.3, 0.4) is 0 Å². The second-order valence-corrected chi connectivity index (χ2v) is 4.87. The van der Waals surface area contributed by atoms with Crippen molar-refractivity contribution in [2.45, 2.75) is 25.7 Å². The van der Waals surface area contributed by atoms with E-state index in [4.69, 9.17) is 5.73 Å². The van der Waals surface area contributed by atoms with Crippen molar-refractivity contribution in [3.8, 4) is 0 Å². The lowest BCUT2D eigenvalue weighted by Crippen LogP contribution is -2.37. The van der Waals surface area contributed by atoms with Crippen molar-refractivity contribution in [1.29, 1.82) is 0 Å². The van der Waals surface area contributed by atoms with Crippen LogP contribution in [0.5, 0.6) is 0 Å². The molecule has 5 nitrogen and oxygen atoms in total. The van der Waals surface area contributed by atoms with Crippen molar-refractivity contribution in [1.82, 2.24) is 4.90 Å². The maximum atomic E-state index is 13.0. The van der Waals surface area contributed by atoms with Crippen LogP contribution in [-0.2, 0) is 9.59 Å². The quantitative estimate of drug-likeness (QED) is 0.824. The Morgan fingerprint density at radius 1 is 1.40 bits per heavy atom. The first kappa shape index (κ1) is 14.3. The lowest BCUT2D eigenvalue weighted by molar-refractivity contribution is -0.133. The molecular weight excluding hydrogens is 261 g/mol. The summed E-state index contributed by atoms with van der Waals surface area (Å²) in [6.45, 7) is 1.14. The molecule has 1 fully saturated rings. The molecule has 0 spiro atoms. The highest BCUT2D eigenvalue weighted by Crippen LogP contribution is 2.16. The minimum Gasteiger partial charge on any atom is -0.396 e. The number of carbonyl (C=O) groups excluding carboxylic acids is 2. The van der Waals surface area contributed by atoms with Crippen LogP contribution in [0.1, 0.15) is 25.7 Å². The van der Waals surface area contributed by atoms with E-state index >= 15 is 0 Å². The van der Waals surface area contributed by atoms with Crippen LogP contribution in [0.25, 0.3) is 0 Å². The molecule has 0 aliphatic carbocycles. The first-order chi connectivity index (χ1) is 9.56. The minimum atomic E-state index is -0.512. The Bertz CT molecular complexity index is 519. The molecule has 0 bridgehead atoms. The van der Waals surface area contributed by atoms with Gasteiger partial charge in [-0.1, -0.05) is 0 Å². The van der Waals surface area contributed by atoms with E-state index in [1.165, 1.54) is 18.2 Å². The molecule has 2 rings (SSSR count). The second kappa shape index (κ2) is 6.36. The fraction of sp³-hybridized carbons (Fsp3) is 0.429. The van der Waals surface area contributed by atoms with E-state index in [0.717, 1.165) is 19.4 Å². The molecule has 0 radical (unpaired) electrons. The predicted octanol–water partition coefficient (Wildman–Crippen LogP) is 1.75.